The molecule has 2 atom stereocenters. The van der Waals surface area contributed by atoms with Crippen LogP contribution in [0.2, 0.25) is 5.82 Å². The minimum Gasteiger partial charge on any atom is -0.494 e. The zero-order valence-electron chi connectivity index (χ0n) is 15.7. The molecule has 6 rings (SSSR count). The molecule has 27 heavy (non-hydrogen) atoms. The van der Waals surface area contributed by atoms with Gasteiger partial charge in [0, 0.05) is 17.1 Å². The quantitative estimate of drug-likeness (QED) is 0.541. The Kier molecular flexibility index (Phi) is 5.35. The van der Waals surface area contributed by atoms with Gasteiger partial charge < -0.3 is 18.8 Å². The molecule has 4 aliphatic rings. The molecule has 142 valence electrons. The molecule has 1 fully saturated rings. The highest BCUT2D eigenvalue weighted by Crippen LogP contribution is 2.34. The van der Waals surface area contributed by atoms with E-state index in [-0.39, 0.29) is 24.5 Å². The Bertz CT molecular complexity index is 763. The van der Waals surface area contributed by atoms with Crippen LogP contribution in [0.15, 0.2) is 48.5 Å². The summed E-state index contributed by atoms with van der Waals surface area (Å²) >= 11 is 6.14. The summed E-state index contributed by atoms with van der Waals surface area (Å²) in [6.45, 7) is 5.84. The molecule has 2 aromatic carbocycles. The lowest BCUT2D eigenvalue weighted by atomic mass is 9.74. The molecule has 4 aliphatic heterocycles. The fourth-order valence-corrected chi connectivity index (χ4v) is 3.73. The normalized spacial score (nSPS) is 24.3. The molecule has 0 radical (unpaired) electrons. The average Bonchev–Trinajstić information content (AvgIpc) is 3.16. The van der Waals surface area contributed by atoms with Crippen molar-refractivity contribution in [2.45, 2.75) is 31.2 Å². The van der Waals surface area contributed by atoms with Crippen LogP contribution in [-0.4, -0.2) is 38.9 Å². The van der Waals surface area contributed by atoms with Crippen LogP contribution in [0.1, 0.15) is 25.0 Å². The minimum absolute atomic E-state index is 0.0395. The SMILES string of the molecule is CC1(C)c2ccc(cc2)OCC2COB(O2)C(CCl)COc2ccc1cc2. The van der Waals surface area contributed by atoms with Crippen LogP contribution < -0.4 is 9.47 Å². The van der Waals surface area contributed by atoms with Gasteiger partial charge in [0.25, 0.3) is 0 Å². The summed E-state index contributed by atoms with van der Waals surface area (Å²) in [5, 5.41) is 0. The number of rotatable bonds is 1. The fraction of sp³-hybridized carbons (Fsp3) is 0.429. The Labute approximate surface area is 165 Å². The fourth-order valence-electron chi connectivity index (χ4n) is 3.50. The van der Waals surface area contributed by atoms with E-state index >= 15 is 0 Å². The molecule has 4 nitrogen and oxygen atoms in total. The van der Waals surface area contributed by atoms with Crippen LogP contribution in [0.3, 0.4) is 0 Å². The van der Waals surface area contributed by atoms with Crippen molar-refractivity contribution in [2.24, 2.45) is 0 Å². The molecular formula is C21H24BClO4. The molecule has 1 saturated heterocycles. The number of benzene rings is 2. The van der Waals surface area contributed by atoms with Crippen molar-refractivity contribution in [3.05, 3.63) is 59.7 Å². The van der Waals surface area contributed by atoms with Gasteiger partial charge in [0.15, 0.2) is 0 Å². The van der Waals surface area contributed by atoms with Gasteiger partial charge >= 0.3 is 7.12 Å². The van der Waals surface area contributed by atoms with E-state index in [1.54, 1.807) is 0 Å². The summed E-state index contributed by atoms with van der Waals surface area (Å²) in [6, 6.07) is 16.5. The van der Waals surface area contributed by atoms with Gasteiger partial charge in [-0.25, -0.2) is 0 Å². The van der Waals surface area contributed by atoms with Crippen molar-refractivity contribution in [3.63, 3.8) is 0 Å². The Morgan fingerprint density at radius 2 is 1.44 bits per heavy atom. The van der Waals surface area contributed by atoms with E-state index in [2.05, 4.69) is 38.1 Å². The van der Waals surface area contributed by atoms with Crippen molar-refractivity contribution in [3.8, 4) is 11.5 Å². The van der Waals surface area contributed by atoms with E-state index in [1.807, 2.05) is 24.3 Å². The van der Waals surface area contributed by atoms with Gasteiger partial charge in [-0.05, 0) is 35.4 Å². The maximum absolute atomic E-state index is 6.14. The third kappa shape index (κ3) is 3.96. The number of fused-ring (bicyclic) bond motifs is 2. The van der Waals surface area contributed by atoms with Crippen LogP contribution in [0.25, 0.3) is 0 Å². The van der Waals surface area contributed by atoms with Gasteiger partial charge in [-0.2, -0.15) is 0 Å². The van der Waals surface area contributed by atoms with E-state index in [4.69, 9.17) is 30.4 Å². The van der Waals surface area contributed by atoms with E-state index in [0.29, 0.717) is 25.7 Å². The van der Waals surface area contributed by atoms with Crippen molar-refractivity contribution in [1.82, 2.24) is 0 Å². The Hall–Kier alpha value is -1.69. The smallest absolute Gasteiger partial charge is 0.465 e. The molecule has 2 unspecified atom stereocenters. The lowest BCUT2D eigenvalue weighted by molar-refractivity contribution is 0.145. The highest BCUT2D eigenvalue weighted by atomic mass is 35.5. The second-order valence-electron chi connectivity index (χ2n) is 7.67. The highest BCUT2D eigenvalue weighted by molar-refractivity contribution is 6.48. The van der Waals surface area contributed by atoms with Crippen molar-refractivity contribution in [1.29, 1.82) is 0 Å². The molecule has 2 aromatic rings. The summed E-state index contributed by atoms with van der Waals surface area (Å²) in [4.78, 5) is 0. The number of alkyl halides is 1. The molecule has 4 heterocycles. The second-order valence-corrected chi connectivity index (χ2v) is 7.98. The average molecular weight is 387 g/mol. The predicted molar refractivity (Wildman–Crippen MR) is 107 cm³/mol. The first-order valence-corrected chi connectivity index (χ1v) is 9.89. The van der Waals surface area contributed by atoms with Crippen LogP contribution in [0.5, 0.6) is 11.5 Å². The van der Waals surface area contributed by atoms with Crippen LogP contribution in [0.4, 0.5) is 0 Å². The lowest BCUT2D eigenvalue weighted by Gasteiger charge is -2.26. The number of hydrogen-bond acceptors (Lipinski definition) is 4. The third-order valence-corrected chi connectivity index (χ3v) is 5.80. The van der Waals surface area contributed by atoms with Crippen molar-refractivity contribution in [2.75, 3.05) is 25.7 Å². The van der Waals surface area contributed by atoms with Crippen LogP contribution in [0, 0.1) is 0 Å². The molecule has 0 saturated carbocycles. The van der Waals surface area contributed by atoms with E-state index in [0.717, 1.165) is 11.5 Å². The topological polar surface area (TPSA) is 36.9 Å². The maximum atomic E-state index is 6.14. The van der Waals surface area contributed by atoms with Gasteiger partial charge in [-0.15, -0.1) is 11.6 Å². The highest BCUT2D eigenvalue weighted by Gasteiger charge is 2.39. The largest absolute Gasteiger partial charge is 0.494 e. The first-order chi connectivity index (χ1) is 13.1. The number of ether oxygens (including phenoxy) is 2. The first kappa shape index (κ1) is 18.7. The summed E-state index contributed by atoms with van der Waals surface area (Å²) < 4.78 is 23.6. The molecule has 6 bridgehead atoms. The van der Waals surface area contributed by atoms with Crippen LogP contribution >= 0.6 is 11.6 Å². The number of hydrogen-bond donors (Lipinski definition) is 0. The monoisotopic (exact) mass is 386 g/mol. The second kappa shape index (κ2) is 7.74. The summed E-state index contributed by atoms with van der Waals surface area (Å²) in [7, 11) is -0.368. The van der Waals surface area contributed by atoms with Crippen LogP contribution in [-0.2, 0) is 14.7 Å². The van der Waals surface area contributed by atoms with Gasteiger partial charge in [-0.3, -0.25) is 0 Å². The third-order valence-electron chi connectivity index (χ3n) is 5.41. The standard InChI is InChI=1S/C21H24BClO4/c1-21(2)15-3-7-18(8-4-15)24-12-17(11-23)22-26-14-20(27-22)13-25-19-9-5-16(21)6-10-19/h3-10,17,20H,11-14H2,1-2H3. The Balaban J connectivity index is 1.65. The van der Waals surface area contributed by atoms with Gasteiger partial charge in [0.05, 0.1) is 19.3 Å². The van der Waals surface area contributed by atoms with Gasteiger partial charge in [-0.1, -0.05) is 38.1 Å². The zero-order chi connectivity index (χ0) is 18.9. The number of halogens is 1. The minimum atomic E-state index is -0.368. The molecular weight excluding hydrogens is 362 g/mol. The van der Waals surface area contributed by atoms with Crippen molar-refractivity contribution < 1.29 is 18.8 Å². The molecule has 0 amide bonds. The molecule has 0 spiro atoms. The zero-order valence-corrected chi connectivity index (χ0v) is 16.4. The molecule has 0 aliphatic carbocycles. The summed E-state index contributed by atoms with van der Waals surface area (Å²) in [5.74, 6) is 2.02. The Morgan fingerprint density at radius 3 is 2.00 bits per heavy atom. The van der Waals surface area contributed by atoms with Gasteiger partial charge in [0.2, 0.25) is 0 Å². The van der Waals surface area contributed by atoms with Crippen molar-refractivity contribution >= 4 is 18.7 Å². The molecule has 0 aromatic heterocycles. The first-order valence-electron chi connectivity index (χ1n) is 9.36. The summed E-state index contributed by atoms with van der Waals surface area (Å²) in [5.41, 5.74) is 2.35. The van der Waals surface area contributed by atoms with Gasteiger partial charge in [0.1, 0.15) is 18.1 Å². The van der Waals surface area contributed by atoms with E-state index in [9.17, 15) is 0 Å². The Morgan fingerprint density at radius 1 is 0.889 bits per heavy atom. The molecule has 0 N–H and O–H groups in total. The van der Waals surface area contributed by atoms with E-state index < -0.39 is 0 Å². The summed E-state index contributed by atoms with van der Waals surface area (Å²) in [6.07, 6.45) is -0.105. The maximum Gasteiger partial charge on any atom is 0.465 e. The predicted octanol–water partition coefficient (Wildman–Crippen LogP) is 4.30. The van der Waals surface area contributed by atoms with E-state index in [1.165, 1.54) is 11.1 Å². The molecule has 6 heteroatoms. The lowest BCUT2D eigenvalue weighted by Crippen LogP contribution is -2.30.